The number of hydrogen-bond acceptors (Lipinski definition) is 4. The number of sulfonamides is 1. The van der Waals surface area contributed by atoms with Crippen LogP contribution < -0.4 is 4.74 Å². The van der Waals surface area contributed by atoms with Crippen LogP contribution in [0, 0.1) is 12.8 Å². The van der Waals surface area contributed by atoms with Gasteiger partial charge in [-0.15, -0.1) is 0 Å². The second-order valence-electron chi connectivity index (χ2n) is 9.12. The van der Waals surface area contributed by atoms with Crippen LogP contribution in [0.1, 0.15) is 62.6 Å². The van der Waals surface area contributed by atoms with Crippen LogP contribution in [0.3, 0.4) is 0 Å². The van der Waals surface area contributed by atoms with Gasteiger partial charge < -0.3 is 9.84 Å². The Labute approximate surface area is 191 Å². The van der Waals surface area contributed by atoms with E-state index in [1.165, 1.54) is 4.31 Å². The molecular weight excluding hydrogens is 426 g/mol. The Morgan fingerprint density at radius 1 is 1.19 bits per heavy atom. The minimum absolute atomic E-state index is 0.0650. The van der Waals surface area contributed by atoms with E-state index >= 15 is 0 Å². The summed E-state index contributed by atoms with van der Waals surface area (Å²) in [5, 5.41) is 9.42. The monoisotopic (exact) mass is 459 g/mol. The summed E-state index contributed by atoms with van der Waals surface area (Å²) in [5.41, 5.74) is 2.82. The van der Waals surface area contributed by atoms with Gasteiger partial charge in [0, 0.05) is 6.54 Å². The number of ether oxygens (including phenoxy) is 1. The Bertz CT molecular complexity index is 1060. The average Bonchev–Trinajstić information content (AvgIpc) is 2.80. The van der Waals surface area contributed by atoms with E-state index in [4.69, 9.17) is 4.74 Å². The summed E-state index contributed by atoms with van der Waals surface area (Å²) in [6.45, 7) is 8.54. The molecule has 1 unspecified atom stereocenters. The van der Waals surface area contributed by atoms with Gasteiger partial charge in [-0.2, -0.15) is 4.31 Å². The van der Waals surface area contributed by atoms with Crippen LogP contribution in [-0.4, -0.2) is 36.4 Å². The van der Waals surface area contributed by atoms with Crippen molar-refractivity contribution >= 4 is 16.0 Å². The lowest BCUT2D eigenvalue weighted by atomic mass is 9.87. The van der Waals surface area contributed by atoms with Crippen LogP contribution in [0.2, 0.25) is 0 Å². The molecular formula is C25H33NO5S. The lowest BCUT2D eigenvalue weighted by molar-refractivity contribution is -0.137. The summed E-state index contributed by atoms with van der Waals surface area (Å²) >= 11 is 0. The van der Waals surface area contributed by atoms with Crippen molar-refractivity contribution in [3.8, 4) is 5.75 Å². The van der Waals surface area contributed by atoms with Crippen molar-refractivity contribution in [1.29, 1.82) is 0 Å². The summed E-state index contributed by atoms with van der Waals surface area (Å²) in [4.78, 5) is 11.7. The van der Waals surface area contributed by atoms with Crippen LogP contribution in [0.4, 0.5) is 0 Å². The molecule has 1 aliphatic heterocycles. The summed E-state index contributed by atoms with van der Waals surface area (Å²) in [7, 11) is -3.73. The number of nitrogens with zero attached hydrogens (tertiary/aromatic N) is 1. The molecule has 7 heteroatoms. The predicted octanol–water partition coefficient (Wildman–Crippen LogP) is 4.96. The Morgan fingerprint density at radius 3 is 2.59 bits per heavy atom. The molecule has 0 aromatic heterocycles. The Balaban J connectivity index is 1.93. The Morgan fingerprint density at radius 2 is 1.91 bits per heavy atom. The number of benzene rings is 2. The van der Waals surface area contributed by atoms with Crippen LogP contribution in [0.15, 0.2) is 47.4 Å². The van der Waals surface area contributed by atoms with Crippen LogP contribution in [-0.2, 0) is 21.4 Å². The van der Waals surface area contributed by atoms with Crippen LogP contribution in [0.25, 0.3) is 0 Å². The quantitative estimate of drug-likeness (QED) is 0.603. The smallest absolute Gasteiger partial charge is 0.303 e. The molecule has 1 heterocycles. The zero-order valence-corrected chi connectivity index (χ0v) is 20.1. The molecule has 0 saturated carbocycles. The maximum Gasteiger partial charge on any atom is 0.303 e. The molecule has 0 saturated heterocycles. The van der Waals surface area contributed by atoms with Gasteiger partial charge in [-0.1, -0.05) is 50.6 Å². The zero-order valence-electron chi connectivity index (χ0n) is 19.2. The second kappa shape index (κ2) is 10.0. The van der Waals surface area contributed by atoms with Gasteiger partial charge in [0.05, 0.1) is 13.0 Å². The van der Waals surface area contributed by atoms with Crippen molar-refractivity contribution in [2.45, 2.75) is 70.4 Å². The molecule has 0 fully saturated rings. The highest BCUT2D eigenvalue weighted by molar-refractivity contribution is 7.89. The third-order valence-corrected chi connectivity index (χ3v) is 7.81. The van der Waals surface area contributed by atoms with Crippen molar-refractivity contribution in [2.24, 2.45) is 5.92 Å². The van der Waals surface area contributed by atoms with E-state index < -0.39 is 16.0 Å². The molecule has 2 atom stereocenters. The first kappa shape index (κ1) is 24.3. The van der Waals surface area contributed by atoms with E-state index in [0.29, 0.717) is 11.7 Å². The van der Waals surface area contributed by atoms with Crippen LogP contribution in [0.5, 0.6) is 5.75 Å². The average molecular weight is 460 g/mol. The molecule has 1 N–H and O–H groups in total. The van der Waals surface area contributed by atoms with Gasteiger partial charge in [-0.3, -0.25) is 4.79 Å². The van der Waals surface area contributed by atoms with Gasteiger partial charge >= 0.3 is 5.97 Å². The van der Waals surface area contributed by atoms with Gasteiger partial charge in [-0.05, 0) is 60.9 Å². The lowest BCUT2D eigenvalue weighted by Gasteiger charge is -2.24. The molecule has 2 aromatic carbocycles. The Kier molecular flexibility index (Phi) is 7.62. The van der Waals surface area contributed by atoms with Gasteiger partial charge in [0.1, 0.15) is 16.7 Å². The van der Waals surface area contributed by atoms with E-state index in [1.807, 2.05) is 32.0 Å². The highest BCUT2D eigenvalue weighted by atomic mass is 32.2. The van der Waals surface area contributed by atoms with Gasteiger partial charge in [0.2, 0.25) is 10.0 Å². The van der Waals surface area contributed by atoms with Crippen molar-refractivity contribution in [3.63, 3.8) is 0 Å². The first-order chi connectivity index (χ1) is 15.1. The maximum atomic E-state index is 13.4. The summed E-state index contributed by atoms with van der Waals surface area (Å²) in [6, 6.07) is 12.7. The topological polar surface area (TPSA) is 83.9 Å². The number of aryl methyl sites for hydroxylation is 1. The molecule has 3 rings (SSSR count). The summed E-state index contributed by atoms with van der Waals surface area (Å²) < 4.78 is 34.1. The molecule has 0 bridgehead atoms. The number of carboxylic acids is 1. The van der Waals surface area contributed by atoms with E-state index in [-0.39, 0.29) is 36.4 Å². The van der Waals surface area contributed by atoms with Crippen molar-refractivity contribution in [3.05, 3.63) is 59.2 Å². The normalized spacial score (nSPS) is 19.1. The number of rotatable bonds is 8. The van der Waals surface area contributed by atoms with Crippen molar-refractivity contribution in [2.75, 3.05) is 6.54 Å². The first-order valence-corrected chi connectivity index (χ1v) is 12.6. The number of para-hydroxylation sites is 1. The van der Waals surface area contributed by atoms with Crippen LogP contribution >= 0.6 is 0 Å². The number of hydrogen-bond donors (Lipinski definition) is 1. The lowest BCUT2D eigenvalue weighted by Crippen LogP contribution is -2.35. The maximum absolute atomic E-state index is 13.4. The van der Waals surface area contributed by atoms with E-state index in [0.717, 1.165) is 29.5 Å². The minimum Gasteiger partial charge on any atom is -0.488 e. The fourth-order valence-electron chi connectivity index (χ4n) is 4.13. The first-order valence-electron chi connectivity index (χ1n) is 11.1. The number of aliphatic carboxylic acids is 1. The molecule has 0 spiro atoms. The third kappa shape index (κ3) is 5.70. The highest BCUT2D eigenvalue weighted by Crippen LogP contribution is 2.33. The molecule has 174 valence electrons. The van der Waals surface area contributed by atoms with E-state index in [2.05, 4.69) is 13.8 Å². The standard InChI is InChI=1S/C25H33NO5S/c1-17(2)9-11-21(14-25(27)28)20-12-10-18(3)22(13-20)16-26-15-19(4)31-23-7-5-6-8-24(23)32(26,29)30/h5-8,10,12-13,17,19,21H,9,11,14-16H2,1-4H3,(H,27,28)/t19-,21?/m1/s1. The molecule has 0 amide bonds. The number of carboxylic acid groups (broad SMARTS) is 1. The van der Waals surface area contributed by atoms with Crippen molar-refractivity contribution in [1.82, 2.24) is 4.31 Å². The number of carbonyl (C=O) groups is 1. The SMILES string of the molecule is Cc1ccc(C(CCC(C)C)CC(=O)O)cc1CN1C[C@@H](C)Oc2ccccc2S1(=O)=O. The fourth-order valence-corrected chi connectivity index (χ4v) is 5.74. The molecule has 1 aliphatic rings. The van der Waals surface area contributed by atoms with E-state index in [9.17, 15) is 18.3 Å². The van der Waals surface area contributed by atoms with E-state index in [1.54, 1.807) is 24.3 Å². The summed E-state index contributed by atoms with van der Waals surface area (Å²) in [5.74, 6) is -0.0558. The highest BCUT2D eigenvalue weighted by Gasteiger charge is 2.33. The van der Waals surface area contributed by atoms with Gasteiger partial charge in [0.15, 0.2) is 0 Å². The molecule has 0 radical (unpaired) electrons. The van der Waals surface area contributed by atoms with Crippen molar-refractivity contribution < 1.29 is 23.1 Å². The molecule has 2 aromatic rings. The third-order valence-electron chi connectivity index (χ3n) is 5.96. The summed E-state index contributed by atoms with van der Waals surface area (Å²) in [6.07, 6.45) is 1.50. The fraction of sp³-hybridized carbons (Fsp3) is 0.480. The van der Waals surface area contributed by atoms with Gasteiger partial charge in [-0.25, -0.2) is 8.42 Å². The molecule has 6 nitrogen and oxygen atoms in total. The molecule has 0 aliphatic carbocycles. The number of fused-ring (bicyclic) bond motifs is 1. The largest absolute Gasteiger partial charge is 0.488 e. The van der Waals surface area contributed by atoms with Gasteiger partial charge in [0.25, 0.3) is 0 Å². The Hall–Kier alpha value is -2.38. The second-order valence-corrected chi connectivity index (χ2v) is 11.0. The zero-order chi connectivity index (χ0) is 23.5. The molecule has 32 heavy (non-hydrogen) atoms. The predicted molar refractivity (Wildman–Crippen MR) is 124 cm³/mol. The minimum atomic E-state index is -3.73.